The minimum atomic E-state index is -3.93. The highest BCUT2D eigenvalue weighted by molar-refractivity contribution is 7.95. The fraction of sp³-hybridized carbons (Fsp3) is 0.0588. The first kappa shape index (κ1) is 16.8. The third kappa shape index (κ3) is 2.91. The monoisotopic (exact) mass is 361 g/mol. The van der Waals surface area contributed by atoms with Crippen LogP contribution in [0, 0.1) is 15.9 Å². The van der Waals surface area contributed by atoms with E-state index < -0.39 is 20.6 Å². The predicted molar refractivity (Wildman–Crippen MR) is 89.0 cm³/mol. The zero-order valence-corrected chi connectivity index (χ0v) is 13.6. The normalized spacial score (nSPS) is 15.2. The number of allylic oxidation sites excluding steroid dienone is 2. The summed E-state index contributed by atoms with van der Waals surface area (Å²) in [6, 6.07) is 8.42. The smallest absolute Gasteiger partial charge is 0.273 e. The highest BCUT2D eigenvalue weighted by Crippen LogP contribution is 2.42. The lowest BCUT2D eigenvalue weighted by molar-refractivity contribution is -0.385. The molecule has 0 radical (unpaired) electrons. The molecule has 0 saturated heterocycles. The highest BCUT2D eigenvalue weighted by Gasteiger charge is 2.34. The van der Waals surface area contributed by atoms with E-state index in [0.29, 0.717) is 5.56 Å². The average Bonchev–Trinajstić information content (AvgIpc) is 2.57. The summed E-state index contributed by atoms with van der Waals surface area (Å²) in [5.41, 5.74) is 0.0542. The number of ether oxygens (including phenoxy) is 1. The van der Waals surface area contributed by atoms with Gasteiger partial charge in [0.25, 0.3) is 5.69 Å². The number of hydrogen-bond donors (Lipinski definition) is 0. The molecule has 1 aliphatic heterocycles. The van der Waals surface area contributed by atoms with E-state index in [2.05, 4.69) is 6.58 Å². The SMILES string of the molecule is C=CCC1=C(c2ccc(F)cc2)Oc2cc([N+](=O)[O-])ccc2S1(=O)=O. The number of halogens is 1. The summed E-state index contributed by atoms with van der Waals surface area (Å²) >= 11 is 0. The fourth-order valence-corrected chi connectivity index (χ4v) is 4.11. The zero-order chi connectivity index (χ0) is 18.2. The van der Waals surface area contributed by atoms with Gasteiger partial charge in [-0.1, -0.05) is 6.08 Å². The van der Waals surface area contributed by atoms with Crippen LogP contribution in [0.2, 0.25) is 0 Å². The fourth-order valence-electron chi connectivity index (χ4n) is 2.49. The molecule has 0 N–H and O–H groups in total. The Bertz CT molecular complexity index is 1010. The van der Waals surface area contributed by atoms with Crippen LogP contribution in [0.3, 0.4) is 0 Å². The van der Waals surface area contributed by atoms with Gasteiger partial charge in [-0.2, -0.15) is 0 Å². The number of nitro groups is 1. The molecule has 2 aromatic rings. The van der Waals surface area contributed by atoms with Crippen molar-refractivity contribution in [1.29, 1.82) is 0 Å². The maximum absolute atomic E-state index is 13.2. The molecule has 0 fully saturated rings. The molecule has 6 nitrogen and oxygen atoms in total. The van der Waals surface area contributed by atoms with Gasteiger partial charge in [-0.15, -0.1) is 6.58 Å². The minimum Gasteiger partial charge on any atom is -0.454 e. The number of hydrogen-bond acceptors (Lipinski definition) is 5. The molecule has 25 heavy (non-hydrogen) atoms. The van der Waals surface area contributed by atoms with Crippen molar-refractivity contribution >= 4 is 21.3 Å². The number of benzene rings is 2. The number of fused-ring (bicyclic) bond motifs is 1. The number of nitro benzene ring substituents is 1. The van der Waals surface area contributed by atoms with Crippen molar-refractivity contribution in [2.24, 2.45) is 0 Å². The molecule has 0 unspecified atom stereocenters. The Balaban J connectivity index is 2.24. The lowest BCUT2D eigenvalue weighted by Crippen LogP contribution is -2.17. The van der Waals surface area contributed by atoms with E-state index in [1.165, 1.54) is 30.3 Å². The number of rotatable bonds is 4. The molecule has 1 aliphatic rings. The molecular weight excluding hydrogens is 349 g/mol. The molecule has 8 heteroatoms. The van der Waals surface area contributed by atoms with Gasteiger partial charge < -0.3 is 4.74 Å². The zero-order valence-electron chi connectivity index (χ0n) is 12.8. The van der Waals surface area contributed by atoms with Crippen LogP contribution >= 0.6 is 0 Å². The van der Waals surface area contributed by atoms with Gasteiger partial charge in [-0.05, 0) is 30.3 Å². The molecule has 3 rings (SSSR count). The van der Waals surface area contributed by atoms with Gasteiger partial charge in [0.15, 0.2) is 5.75 Å². The van der Waals surface area contributed by atoms with Crippen molar-refractivity contribution in [3.05, 3.63) is 81.5 Å². The Labute approximate surface area is 142 Å². The van der Waals surface area contributed by atoms with Crippen molar-refractivity contribution in [3.63, 3.8) is 0 Å². The van der Waals surface area contributed by atoms with Crippen molar-refractivity contribution in [2.45, 2.75) is 11.3 Å². The number of nitrogens with zero attached hydrogens (tertiary/aromatic N) is 1. The van der Waals surface area contributed by atoms with Crippen LogP contribution < -0.4 is 4.74 Å². The van der Waals surface area contributed by atoms with Crippen molar-refractivity contribution < 1.29 is 22.5 Å². The lowest BCUT2D eigenvalue weighted by atomic mass is 10.1. The van der Waals surface area contributed by atoms with Crippen LogP contribution in [0.5, 0.6) is 5.75 Å². The molecule has 0 saturated carbocycles. The van der Waals surface area contributed by atoms with Gasteiger partial charge in [0.2, 0.25) is 9.84 Å². The van der Waals surface area contributed by atoms with Crippen LogP contribution in [-0.4, -0.2) is 13.3 Å². The molecule has 128 valence electrons. The van der Waals surface area contributed by atoms with Crippen LogP contribution in [0.15, 0.2) is 64.9 Å². The second-order valence-electron chi connectivity index (χ2n) is 5.25. The maximum atomic E-state index is 13.2. The Morgan fingerprint density at radius 3 is 2.48 bits per heavy atom. The van der Waals surface area contributed by atoms with Gasteiger partial charge >= 0.3 is 0 Å². The summed E-state index contributed by atoms with van der Waals surface area (Å²) in [5.74, 6) is -0.612. The minimum absolute atomic E-state index is 0.00543. The summed E-state index contributed by atoms with van der Waals surface area (Å²) < 4.78 is 44.6. The third-order valence-corrected chi connectivity index (χ3v) is 5.57. The van der Waals surface area contributed by atoms with E-state index in [1.54, 1.807) is 0 Å². The van der Waals surface area contributed by atoms with Crippen LogP contribution in [0.4, 0.5) is 10.1 Å². The second-order valence-corrected chi connectivity index (χ2v) is 7.19. The van der Waals surface area contributed by atoms with Crippen molar-refractivity contribution in [1.82, 2.24) is 0 Å². The molecule has 0 aromatic heterocycles. The molecule has 0 amide bonds. The van der Waals surface area contributed by atoms with E-state index in [9.17, 15) is 22.9 Å². The largest absolute Gasteiger partial charge is 0.454 e. The van der Waals surface area contributed by atoms with Gasteiger partial charge in [-0.3, -0.25) is 10.1 Å². The topological polar surface area (TPSA) is 86.5 Å². The molecule has 1 heterocycles. The summed E-state index contributed by atoms with van der Waals surface area (Å²) in [6.07, 6.45) is 1.42. The number of sulfone groups is 1. The quantitative estimate of drug-likeness (QED) is 0.469. The summed E-state index contributed by atoms with van der Waals surface area (Å²) in [7, 11) is -3.93. The second kappa shape index (κ2) is 6.14. The van der Waals surface area contributed by atoms with Crippen LogP contribution in [0.25, 0.3) is 5.76 Å². The Kier molecular flexibility index (Phi) is 4.13. The Morgan fingerprint density at radius 2 is 1.88 bits per heavy atom. The van der Waals surface area contributed by atoms with Gasteiger partial charge in [0.05, 0.1) is 15.9 Å². The van der Waals surface area contributed by atoms with Gasteiger partial charge in [0, 0.05) is 18.1 Å². The average molecular weight is 361 g/mol. The summed E-state index contributed by atoms with van der Waals surface area (Å²) in [4.78, 5) is 10.1. The standard InChI is InChI=1S/C17H12FNO5S/c1-2-3-16-17(11-4-6-12(18)7-5-11)24-14-10-13(19(20)21)8-9-15(14)25(16,22)23/h2,4-10H,1,3H2. The van der Waals surface area contributed by atoms with E-state index in [-0.39, 0.29) is 33.4 Å². The first-order chi connectivity index (χ1) is 11.8. The first-order valence-corrected chi connectivity index (χ1v) is 8.64. The Hall–Kier alpha value is -3.00. The van der Waals surface area contributed by atoms with Crippen molar-refractivity contribution in [3.8, 4) is 5.75 Å². The molecule has 0 bridgehead atoms. The van der Waals surface area contributed by atoms with E-state index in [1.807, 2.05) is 0 Å². The molecule has 0 atom stereocenters. The first-order valence-electron chi connectivity index (χ1n) is 7.16. The van der Waals surface area contributed by atoms with E-state index in [4.69, 9.17) is 4.74 Å². The lowest BCUT2D eigenvalue weighted by Gasteiger charge is -2.23. The maximum Gasteiger partial charge on any atom is 0.273 e. The molecule has 0 aliphatic carbocycles. The molecule has 0 spiro atoms. The van der Waals surface area contributed by atoms with Gasteiger partial charge in [0.1, 0.15) is 16.5 Å². The summed E-state index contributed by atoms with van der Waals surface area (Å²) in [5, 5.41) is 10.9. The molecular formula is C17H12FNO5S. The molecule has 2 aromatic carbocycles. The van der Waals surface area contributed by atoms with E-state index in [0.717, 1.165) is 18.2 Å². The van der Waals surface area contributed by atoms with Crippen molar-refractivity contribution in [2.75, 3.05) is 0 Å². The predicted octanol–water partition coefficient (Wildman–Crippen LogP) is 3.84. The number of non-ortho nitro benzene ring substituents is 1. The van der Waals surface area contributed by atoms with E-state index >= 15 is 0 Å². The van der Waals surface area contributed by atoms with Crippen LogP contribution in [-0.2, 0) is 9.84 Å². The third-order valence-electron chi connectivity index (χ3n) is 3.65. The Morgan fingerprint density at radius 1 is 1.20 bits per heavy atom. The highest BCUT2D eigenvalue weighted by atomic mass is 32.2. The summed E-state index contributed by atoms with van der Waals surface area (Å²) in [6.45, 7) is 3.55. The van der Waals surface area contributed by atoms with Gasteiger partial charge in [-0.25, -0.2) is 12.8 Å². The van der Waals surface area contributed by atoms with Crippen LogP contribution in [0.1, 0.15) is 12.0 Å².